The third kappa shape index (κ3) is 645. The first-order valence-corrected chi connectivity index (χ1v) is 1.22. The SMILES string of the molecule is O=C([O-])[O-].O=C([O-])[O-].[Li+].[Li+].[Sr+2]. The van der Waals surface area contributed by atoms with Crippen LogP contribution in [0, 0.1) is 0 Å². The summed E-state index contributed by atoms with van der Waals surface area (Å²) in [6, 6.07) is 0. The predicted molar refractivity (Wildman–Crippen MR) is 16.5 cm³/mol. The molecule has 0 bridgehead atoms. The molecule has 0 fully saturated rings. The van der Waals surface area contributed by atoms with Gasteiger partial charge in [0.05, 0.1) is 0 Å². The quantitative estimate of drug-likeness (QED) is 0.374. The normalized spacial score (nSPS) is 4.36. The Balaban J connectivity index is -0.0000000171. The molecule has 0 aromatic rings. The largest absolute Gasteiger partial charge is 2.00 e. The fraction of sp³-hybridized carbons (Fsp3) is 0. The van der Waals surface area contributed by atoms with Crippen molar-refractivity contribution in [1.29, 1.82) is 0 Å². The smallest absolute Gasteiger partial charge is 0.652 e. The zero-order chi connectivity index (χ0) is 7.15. The van der Waals surface area contributed by atoms with Gasteiger partial charge in [0.15, 0.2) is 0 Å². The molecule has 0 amide bonds. The molecule has 0 aliphatic rings. The summed E-state index contributed by atoms with van der Waals surface area (Å²) >= 11 is 0. The van der Waals surface area contributed by atoms with Crippen LogP contribution in [0.1, 0.15) is 0 Å². The van der Waals surface area contributed by atoms with E-state index in [0.29, 0.717) is 0 Å². The summed E-state index contributed by atoms with van der Waals surface area (Å²) in [4.78, 5) is 16.7. The van der Waals surface area contributed by atoms with Gasteiger partial charge in [-0.05, 0) is 12.3 Å². The molecule has 0 atom stereocenters. The van der Waals surface area contributed by atoms with Crippen molar-refractivity contribution in [3.05, 3.63) is 0 Å². The number of rotatable bonds is 0. The maximum absolute atomic E-state index is 8.33. The van der Waals surface area contributed by atoms with Gasteiger partial charge in [-0.2, -0.15) is 0 Å². The van der Waals surface area contributed by atoms with Crippen LogP contribution in [0.15, 0.2) is 0 Å². The van der Waals surface area contributed by atoms with Crippen LogP contribution >= 0.6 is 0 Å². The van der Waals surface area contributed by atoms with E-state index in [2.05, 4.69) is 0 Å². The van der Waals surface area contributed by atoms with E-state index in [-0.39, 0.29) is 83.2 Å². The maximum atomic E-state index is 8.33. The molecule has 0 saturated carbocycles. The first kappa shape index (κ1) is 29.5. The second-order valence-corrected chi connectivity index (χ2v) is 0.500. The maximum Gasteiger partial charge on any atom is 2.00 e. The molecule has 0 unspecified atom stereocenters. The molecule has 0 N–H and O–H groups in total. The summed E-state index contributed by atoms with van der Waals surface area (Å²) < 4.78 is 0. The minimum Gasteiger partial charge on any atom is -0.652 e. The molecule has 0 aromatic carbocycles. The van der Waals surface area contributed by atoms with E-state index in [1.165, 1.54) is 0 Å². The number of hydrogen-bond donors (Lipinski definition) is 0. The van der Waals surface area contributed by atoms with E-state index in [0.717, 1.165) is 0 Å². The summed E-state index contributed by atoms with van der Waals surface area (Å²) in [7, 11) is 0. The van der Waals surface area contributed by atoms with Gasteiger partial charge in [-0.3, -0.25) is 0 Å². The van der Waals surface area contributed by atoms with Gasteiger partial charge in [0, 0.05) is 0 Å². The van der Waals surface area contributed by atoms with Crippen molar-refractivity contribution in [2.75, 3.05) is 0 Å². The fourth-order valence-electron chi connectivity index (χ4n) is 0. The van der Waals surface area contributed by atoms with E-state index in [9.17, 15) is 0 Å². The van der Waals surface area contributed by atoms with E-state index in [1.54, 1.807) is 0 Å². The topological polar surface area (TPSA) is 126 Å². The van der Waals surface area contributed by atoms with Crippen molar-refractivity contribution in [3.63, 3.8) is 0 Å². The van der Waals surface area contributed by atoms with E-state index < -0.39 is 12.3 Å². The molecule has 11 heavy (non-hydrogen) atoms. The third-order valence-corrected chi connectivity index (χ3v) is 0. The molecule has 9 heteroatoms. The Morgan fingerprint density at radius 3 is 0.727 bits per heavy atom. The second-order valence-electron chi connectivity index (χ2n) is 0.500. The van der Waals surface area contributed by atoms with Gasteiger partial charge in [0.25, 0.3) is 0 Å². The van der Waals surface area contributed by atoms with Crippen LogP contribution in [0.3, 0.4) is 0 Å². The van der Waals surface area contributed by atoms with E-state index in [4.69, 9.17) is 30.0 Å². The summed E-state index contributed by atoms with van der Waals surface area (Å²) in [6.07, 6.45) is -4.67. The number of carbonyl (C=O) groups excluding carboxylic acids is 2. The molecule has 0 heterocycles. The minimum absolute atomic E-state index is 0. The Morgan fingerprint density at radius 2 is 0.727 bits per heavy atom. The van der Waals surface area contributed by atoms with Crippen molar-refractivity contribution in [1.82, 2.24) is 0 Å². The fourth-order valence-corrected chi connectivity index (χ4v) is 0. The van der Waals surface area contributed by atoms with Gasteiger partial charge in [-0.15, -0.1) is 0 Å². The van der Waals surface area contributed by atoms with Gasteiger partial charge in [0.1, 0.15) is 0 Å². The van der Waals surface area contributed by atoms with Crippen molar-refractivity contribution >= 4 is 57.8 Å². The second kappa shape index (κ2) is 22.5. The average molecular weight is 222 g/mol. The molecular weight excluding hydrogens is 222 g/mol. The van der Waals surface area contributed by atoms with E-state index >= 15 is 0 Å². The zero-order valence-corrected chi connectivity index (χ0v) is 9.63. The first-order valence-electron chi connectivity index (χ1n) is 1.22. The average Bonchev–Trinajstić information content (AvgIpc) is 1.25. The van der Waals surface area contributed by atoms with Crippen LogP contribution in [0.25, 0.3) is 0 Å². The minimum atomic E-state index is -2.33. The van der Waals surface area contributed by atoms with E-state index in [1.807, 2.05) is 0 Å². The molecule has 48 valence electrons. The Hall–Kier alpha value is 1.22. The third-order valence-electron chi connectivity index (χ3n) is 0. The predicted octanol–water partition coefficient (Wildman–Crippen LogP) is -11.3. The van der Waals surface area contributed by atoms with Crippen LogP contribution in [-0.4, -0.2) is 57.8 Å². The van der Waals surface area contributed by atoms with Crippen molar-refractivity contribution in [2.24, 2.45) is 0 Å². The number of carboxylic acid groups (broad SMARTS) is 4. The molecule has 0 aliphatic heterocycles. The number of hydrogen-bond acceptors (Lipinski definition) is 6. The Kier molecular flexibility index (Phi) is 60.3. The standard InChI is InChI=1S/2CH2O3.2Li.Sr/c2*2-1(3)4;;;/h2*(H2,2,3,4);;;/q;;2*+1;+2/p-4. The van der Waals surface area contributed by atoms with Gasteiger partial charge in [-0.25, -0.2) is 0 Å². The monoisotopic (exact) mass is 222 g/mol. The summed E-state index contributed by atoms with van der Waals surface area (Å²) in [6.45, 7) is 0. The molecule has 0 spiro atoms. The van der Waals surface area contributed by atoms with Crippen LogP contribution in [0.5, 0.6) is 0 Å². The molecule has 0 rings (SSSR count). The molecule has 0 aliphatic carbocycles. The van der Waals surface area contributed by atoms with Gasteiger partial charge in [0.2, 0.25) is 0 Å². The van der Waals surface area contributed by atoms with Gasteiger partial charge >= 0.3 is 83.2 Å². The molecule has 6 nitrogen and oxygen atoms in total. The first-order chi connectivity index (χ1) is 3.46. The van der Waals surface area contributed by atoms with Crippen LogP contribution in [-0.2, 0) is 0 Å². The zero-order valence-electron chi connectivity index (χ0n) is 6.16. The Bertz CT molecular complexity index is 76.6. The van der Waals surface area contributed by atoms with Crippen molar-refractivity contribution < 1.29 is 67.7 Å². The van der Waals surface area contributed by atoms with Crippen LogP contribution in [0.2, 0.25) is 0 Å². The Labute approximate surface area is 124 Å². The molecule has 0 saturated heterocycles. The summed E-state index contributed by atoms with van der Waals surface area (Å²) in [5.41, 5.74) is 0. The summed E-state index contributed by atoms with van der Waals surface area (Å²) in [5, 5.41) is 33.3. The Morgan fingerprint density at radius 1 is 0.727 bits per heavy atom. The van der Waals surface area contributed by atoms with Gasteiger partial charge < -0.3 is 30.0 Å². The molecular formula is C2Li2O6Sr. The van der Waals surface area contributed by atoms with Crippen molar-refractivity contribution in [3.8, 4) is 0 Å². The molecule has 0 radical (unpaired) electrons. The van der Waals surface area contributed by atoms with Gasteiger partial charge in [-0.1, -0.05) is 0 Å². The van der Waals surface area contributed by atoms with Crippen LogP contribution in [0.4, 0.5) is 9.59 Å². The van der Waals surface area contributed by atoms with Crippen molar-refractivity contribution in [2.45, 2.75) is 0 Å². The number of carbonyl (C=O) groups is 2. The molecule has 0 aromatic heterocycles. The van der Waals surface area contributed by atoms with Crippen LogP contribution < -0.4 is 58.1 Å². The summed E-state index contributed by atoms with van der Waals surface area (Å²) in [5.74, 6) is 0.